The molecule has 1 saturated carbocycles. The molecule has 0 N–H and O–H groups in total. The lowest BCUT2D eigenvalue weighted by Crippen LogP contribution is -2.12. The third kappa shape index (κ3) is 2.54. The fourth-order valence-corrected chi connectivity index (χ4v) is 3.41. The molecule has 0 bridgehead atoms. The Morgan fingerprint density at radius 2 is 2.32 bits per heavy atom. The number of hydrogen-bond acceptors (Lipinski definition) is 5. The fraction of sp³-hybridized carbons (Fsp3) is 0.500. The average molecular weight is 273 g/mol. The Kier molecular flexibility index (Phi) is 3.34. The summed E-state index contributed by atoms with van der Waals surface area (Å²) in [4.78, 5) is 6.05. The van der Waals surface area contributed by atoms with Crippen LogP contribution in [0.25, 0.3) is 10.8 Å². The van der Waals surface area contributed by atoms with Gasteiger partial charge in [-0.15, -0.1) is 11.3 Å². The van der Waals surface area contributed by atoms with Gasteiger partial charge in [0.25, 0.3) is 5.89 Å². The normalized spacial score (nSPS) is 23.2. The number of rotatable bonds is 2. The molecule has 2 aromatic heterocycles. The first-order chi connectivity index (χ1) is 9.26. The van der Waals surface area contributed by atoms with Crippen molar-refractivity contribution in [2.24, 2.45) is 5.92 Å². The zero-order valence-corrected chi connectivity index (χ0v) is 11.6. The lowest BCUT2D eigenvalue weighted by atomic mass is 9.82. The van der Waals surface area contributed by atoms with Crippen molar-refractivity contribution in [2.75, 3.05) is 0 Å². The molecule has 19 heavy (non-hydrogen) atoms. The van der Waals surface area contributed by atoms with Crippen LogP contribution in [0.2, 0.25) is 0 Å². The van der Waals surface area contributed by atoms with Gasteiger partial charge in [-0.2, -0.15) is 10.2 Å². The molecule has 0 spiro atoms. The Bertz CT molecular complexity index is 610. The third-order valence-corrected chi connectivity index (χ3v) is 4.65. The molecule has 98 valence electrons. The predicted molar refractivity (Wildman–Crippen MR) is 72.7 cm³/mol. The van der Waals surface area contributed by atoms with Crippen LogP contribution < -0.4 is 0 Å². The first kappa shape index (κ1) is 12.4. The van der Waals surface area contributed by atoms with Gasteiger partial charge in [-0.25, -0.2) is 0 Å². The Labute approximate surface area is 116 Å². The first-order valence-electron chi connectivity index (χ1n) is 6.60. The molecule has 0 amide bonds. The van der Waals surface area contributed by atoms with E-state index in [1.54, 1.807) is 6.07 Å². The second kappa shape index (κ2) is 5.14. The number of nitrogens with zero attached hydrogens (tertiary/aromatic N) is 3. The SMILES string of the molecule is CC1CCCC(c2noc(-c3ccc(C#N)s3)n2)C1. The molecule has 2 atom stereocenters. The highest BCUT2D eigenvalue weighted by Gasteiger charge is 2.25. The van der Waals surface area contributed by atoms with Crippen molar-refractivity contribution in [3.8, 4) is 16.8 Å². The summed E-state index contributed by atoms with van der Waals surface area (Å²) in [7, 11) is 0. The molecule has 4 nitrogen and oxygen atoms in total. The summed E-state index contributed by atoms with van der Waals surface area (Å²) in [6, 6.07) is 5.77. The lowest BCUT2D eigenvalue weighted by molar-refractivity contribution is 0.324. The van der Waals surface area contributed by atoms with Gasteiger partial charge in [0.1, 0.15) is 10.9 Å². The van der Waals surface area contributed by atoms with Gasteiger partial charge in [0, 0.05) is 5.92 Å². The van der Waals surface area contributed by atoms with E-state index in [0.717, 1.165) is 29.5 Å². The van der Waals surface area contributed by atoms with Crippen molar-refractivity contribution in [2.45, 2.75) is 38.5 Å². The zero-order chi connectivity index (χ0) is 13.2. The summed E-state index contributed by atoms with van der Waals surface area (Å²) < 4.78 is 5.34. The van der Waals surface area contributed by atoms with E-state index in [-0.39, 0.29) is 0 Å². The van der Waals surface area contributed by atoms with Gasteiger partial charge in [-0.3, -0.25) is 0 Å². The van der Waals surface area contributed by atoms with Crippen LogP contribution in [0.3, 0.4) is 0 Å². The van der Waals surface area contributed by atoms with Crippen LogP contribution in [0.1, 0.15) is 49.2 Å². The molecule has 0 radical (unpaired) electrons. The molecule has 2 heterocycles. The van der Waals surface area contributed by atoms with Crippen molar-refractivity contribution in [1.29, 1.82) is 5.26 Å². The Morgan fingerprint density at radius 1 is 1.42 bits per heavy atom. The second-order valence-corrected chi connectivity index (χ2v) is 6.29. The molecule has 0 aromatic carbocycles. The van der Waals surface area contributed by atoms with Crippen molar-refractivity contribution < 1.29 is 4.52 Å². The molecular weight excluding hydrogens is 258 g/mol. The summed E-state index contributed by atoms with van der Waals surface area (Å²) in [5.74, 6) is 2.54. The number of hydrogen-bond donors (Lipinski definition) is 0. The van der Waals surface area contributed by atoms with Crippen molar-refractivity contribution in [1.82, 2.24) is 10.1 Å². The van der Waals surface area contributed by atoms with Gasteiger partial charge in [-0.05, 0) is 30.9 Å². The highest BCUT2D eigenvalue weighted by Crippen LogP contribution is 2.35. The average Bonchev–Trinajstić information content (AvgIpc) is 3.07. The second-order valence-electron chi connectivity index (χ2n) is 5.20. The summed E-state index contributed by atoms with van der Waals surface area (Å²) in [5.41, 5.74) is 0. The maximum Gasteiger partial charge on any atom is 0.268 e. The fourth-order valence-electron chi connectivity index (χ4n) is 2.68. The van der Waals surface area contributed by atoms with Crippen LogP contribution in [0, 0.1) is 17.2 Å². The van der Waals surface area contributed by atoms with Gasteiger partial charge in [-0.1, -0.05) is 24.9 Å². The Hall–Kier alpha value is -1.67. The van der Waals surface area contributed by atoms with Gasteiger partial charge in [0.05, 0.1) is 4.88 Å². The third-order valence-electron chi connectivity index (χ3n) is 3.67. The molecule has 1 aliphatic carbocycles. The molecule has 1 fully saturated rings. The molecule has 0 aliphatic heterocycles. The predicted octanol–water partition coefficient (Wildman–Crippen LogP) is 3.96. The molecule has 5 heteroatoms. The Balaban J connectivity index is 1.81. The van der Waals surface area contributed by atoms with Crippen molar-refractivity contribution >= 4 is 11.3 Å². The minimum absolute atomic E-state index is 0.427. The number of aromatic nitrogens is 2. The van der Waals surface area contributed by atoms with Gasteiger partial charge in [0.2, 0.25) is 0 Å². The van der Waals surface area contributed by atoms with E-state index < -0.39 is 0 Å². The van der Waals surface area contributed by atoms with Crippen LogP contribution in [0.5, 0.6) is 0 Å². The highest BCUT2D eigenvalue weighted by atomic mass is 32.1. The van der Waals surface area contributed by atoms with E-state index in [2.05, 4.69) is 23.1 Å². The summed E-state index contributed by atoms with van der Waals surface area (Å²) in [6.45, 7) is 2.28. The molecule has 2 unspecified atom stereocenters. The summed E-state index contributed by atoms with van der Waals surface area (Å²) in [5, 5.41) is 13.0. The van der Waals surface area contributed by atoms with Gasteiger partial charge < -0.3 is 4.52 Å². The molecular formula is C14H15N3OS. The van der Waals surface area contributed by atoms with Crippen molar-refractivity contribution in [3.63, 3.8) is 0 Å². The van der Waals surface area contributed by atoms with E-state index in [1.165, 1.54) is 24.2 Å². The van der Waals surface area contributed by atoms with Crippen LogP contribution in [-0.4, -0.2) is 10.1 Å². The maximum atomic E-state index is 8.83. The standard InChI is InChI=1S/C14H15N3OS/c1-9-3-2-4-10(7-9)13-16-14(18-17-13)12-6-5-11(8-15)19-12/h5-6,9-10H,2-4,7H2,1H3. The number of thiophene rings is 1. The van der Waals surface area contributed by atoms with Crippen LogP contribution in [0.15, 0.2) is 16.7 Å². The highest BCUT2D eigenvalue weighted by molar-refractivity contribution is 7.15. The van der Waals surface area contributed by atoms with Gasteiger partial charge >= 0.3 is 0 Å². The largest absolute Gasteiger partial charge is 0.333 e. The minimum atomic E-state index is 0.427. The molecule has 3 rings (SSSR count). The van der Waals surface area contributed by atoms with E-state index in [4.69, 9.17) is 9.78 Å². The first-order valence-corrected chi connectivity index (χ1v) is 7.42. The van der Waals surface area contributed by atoms with Crippen molar-refractivity contribution in [3.05, 3.63) is 22.8 Å². The maximum absolute atomic E-state index is 8.83. The smallest absolute Gasteiger partial charge is 0.268 e. The molecule has 1 aliphatic rings. The van der Waals surface area contributed by atoms with Crippen LogP contribution >= 0.6 is 11.3 Å². The van der Waals surface area contributed by atoms with E-state index in [1.807, 2.05) is 6.07 Å². The van der Waals surface area contributed by atoms with Crippen LogP contribution in [-0.2, 0) is 0 Å². The summed E-state index contributed by atoms with van der Waals surface area (Å²) >= 11 is 1.39. The minimum Gasteiger partial charge on any atom is -0.333 e. The zero-order valence-electron chi connectivity index (χ0n) is 10.8. The lowest BCUT2D eigenvalue weighted by Gasteiger charge is -2.23. The van der Waals surface area contributed by atoms with E-state index in [9.17, 15) is 0 Å². The Morgan fingerprint density at radius 3 is 3.05 bits per heavy atom. The van der Waals surface area contributed by atoms with Gasteiger partial charge in [0.15, 0.2) is 5.82 Å². The monoisotopic (exact) mass is 273 g/mol. The summed E-state index contributed by atoms with van der Waals surface area (Å²) in [6.07, 6.45) is 4.84. The quantitative estimate of drug-likeness (QED) is 0.830. The van der Waals surface area contributed by atoms with E-state index >= 15 is 0 Å². The van der Waals surface area contributed by atoms with E-state index in [0.29, 0.717) is 16.7 Å². The molecule has 0 saturated heterocycles. The topological polar surface area (TPSA) is 62.7 Å². The van der Waals surface area contributed by atoms with Crippen LogP contribution in [0.4, 0.5) is 0 Å². The molecule has 2 aromatic rings. The number of nitriles is 1.